The molecule has 0 atom stereocenters. The molecule has 0 aliphatic heterocycles. The molecule has 3 rings (SSSR count). The molecular weight excluding hydrogens is 372 g/mol. The van der Waals surface area contributed by atoms with E-state index in [0.29, 0.717) is 5.75 Å². The Balaban J connectivity index is 1.50. The normalized spacial score (nSPS) is 12.7. The Morgan fingerprint density at radius 1 is 1.15 bits per heavy atom. The fourth-order valence-electron chi connectivity index (χ4n) is 3.05. The highest BCUT2D eigenvalue weighted by molar-refractivity contribution is 8.00. The predicted molar refractivity (Wildman–Crippen MR) is 101 cm³/mol. The van der Waals surface area contributed by atoms with E-state index in [-0.39, 0.29) is 24.0 Å². The fraction of sp³-hybridized carbons (Fsp3) is 0.350. The number of nitrogens with one attached hydrogen (secondary N) is 1. The van der Waals surface area contributed by atoms with Crippen LogP contribution in [0.3, 0.4) is 0 Å². The molecule has 4 nitrogen and oxygen atoms in total. The van der Waals surface area contributed by atoms with E-state index in [1.54, 1.807) is 12.1 Å². The first-order valence-corrected chi connectivity index (χ1v) is 9.66. The Hall–Kier alpha value is -2.28. The van der Waals surface area contributed by atoms with Gasteiger partial charge in [-0.15, -0.1) is 11.8 Å². The highest BCUT2D eigenvalue weighted by Crippen LogP contribution is 2.30. The monoisotopic (exact) mass is 393 g/mol. The van der Waals surface area contributed by atoms with Crippen molar-refractivity contribution in [3.63, 3.8) is 0 Å². The molecule has 0 radical (unpaired) electrons. The van der Waals surface area contributed by atoms with Crippen molar-refractivity contribution in [1.82, 2.24) is 5.32 Å². The lowest BCUT2D eigenvalue weighted by molar-refractivity contribution is -0.118. The summed E-state index contributed by atoms with van der Waals surface area (Å²) in [5.41, 5.74) is 3.54. The predicted octanol–water partition coefficient (Wildman–Crippen LogP) is 4.19. The molecule has 7 heteroatoms. The maximum absolute atomic E-state index is 12.4. The number of thioether (sulfide) groups is 1. The van der Waals surface area contributed by atoms with Gasteiger partial charge in [-0.1, -0.05) is 12.1 Å². The Morgan fingerprint density at radius 3 is 2.74 bits per heavy atom. The highest BCUT2D eigenvalue weighted by atomic mass is 32.2. The molecular formula is C20H21F2NO3S. The Bertz CT molecular complexity index is 814. The number of amides is 1. The van der Waals surface area contributed by atoms with Crippen LogP contribution < -0.4 is 14.8 Å². The van der Waals surface area contributed by atoms with E-state index in [4.69, 9.17) is 4.74 Å². The van der Waals surface area contributed by atoms with Crippen LogP contribution in [0.1, 0.15) is 23.1 Å². The number of hydrogen-bond donors (Lipinski definition) is 1. The van der Waals surface area contributed by atoms with Crippen molar-refractivity contribution in [3.05, 3.63) is 53.1 Å². The largest absolute Gasteiger partial charge is 0.493 e. The van der Waals surface area contributed by atoms with Crippen LogP contribution in [0.4, 0.5) is 8.78 Å². The van der Waals surface area contributed by atoms with Gasteiger partial charge in [-0.2, -0.15) is 8.78 Å². The van der Waals surface area contributed by atoms with Crippen LogP contribution >= 0.6 is 11.8 Å². The van der Waals surface area contributed by atoms with Crippen LogP contribution in [0.5, 0.6) is 11.5 Å². The first-order chi connectivity index (χ1) is 13.0. The van der Waals surface area contributed by atoms with Crippen LogP contribution in [0.25, 0.3) is 0 Å². The van der Waals surface area contributed by atoms with Gasteiger partial charge >= 0.3 is 6.61 Å². The zero-order chi connectivity index (χ0) is 19.2. The zero-order valence-electron chi connectivity index (χ0n) is 15.0. The van der Waals surface area contributed by atoms with E-state index in [1.807, 2.05) is 0 Å². The van der Waals surface area contributed by atoms with Crippen molar-refractivity contribution < 1.29 is 23.0 Å². The molecule has 1 amide bonds. The van der Waals surface area contributed by atoms with Crippen LogP contribution in [-0.4, -0.2) is 25.4 Å². The summed E-state index contributed by atoms with van der Waals surface area (Å²) < 4.78 is 34.2. The summed E-state index contributed by atoms with van der Waals surface area (Å²) in [7, 11) is 1.38. The molecule has 144 valence electrons. The van der Waals surface area contributed by atoms with Crippen molar-refractivity contribution >= 4 is 17.7 Å². The van der Waals surface area contributed by atoms with E-state index < -0.39 is 6.61 Å². The molecule has 1 N–H and O–H groups in total. The Kier molecular flexibility index (Phi) is 6.55. The molecule has 0 fully saturated rings. The van der Waals surface area contributed by atoms with Gasteiger partial charge < -0.3 is 14.8 Å². The maximum Gasteiger partial charge on any atom is 0.387 e. The number of carbonyl (C=O) groups excluding carboxylic acids is 1. The first kappa shape index (κ1) is 19.5. The minimum atomic E-state index is -2.92. The third kappa shape index (κ3) is 5.35. The molecule has 0 bridgehead atoms. The lowest BCUT2D eigenvalue weighted by Gasteiger charge is -2.12. The smallest absolute Gasteiger partial charge is 0.387 e. The summed E-state index contributed by atoms with van der Waals surface area (Å²) in [4.78, 5) is 13.2. The molecule has 0 saturated heterocycles. The van der Waals surface area contributed by atoms with Gasteiger partial charge in [-0.25, -0.2) is 0 Å². The van der Waals surface area contributed by atoms with Crippen molar-refractivity contribution in [1.29, 1.82) is 0 Å². The second kappa shape index (κ2) is 9.08. The topological polar surface area (TPSA) is 47.6 Å². The molecule has 0 saturated carbocycles. The van der Waals surface area contributed by atoms with Gasteiger partial charge in [0.05, 0.1) is 12.9 Å². The SMILES string of the molecule is COc1cc(CNC(=O)CSc2ccc3c(c2)CCC3)ccc1OC(F)F. The standard InChI is InChI=1S/C20H21F2NO3S/c1-25-18-9-13(5-8-17(18)26-20(21)22)11-23-19(24)12-27-16-7-6-14-3-2-4-15(14)10-16/h5-10,20H,2-4,11-12H2,1H3,(H,23,24). The zero-order valence-corrected chi connectivity index (χ0v) is 15.8. The molecule has 2 aromatic carbocycles. The lowest BCUT2D eigenvalue weighted by Crippen LogP contribution is -2.24. The van der Waals surface area contributed by atoms with Crippen molar-refractivity contribution in [2.75, 3.05) is 12.9 Å². The summed E-state index contributed by atoms with van der Waals surface area (Å²) >= 11 is 1.51. The van der Waals surface area contributed by atoms with E-state index in [2.05, 4.69) is 28.3 Å². The van der Waals surface area contributed by atoms with E-state index in [0.717, 1.165) is 23.3 Å². The number of fused-ring (bicyclic) bond motifs is 1. The summed E-state index contributed by atoms with van der Waals surface area (Å²) in [6, 6.07) is 11.0. The molecule has 0 aromatic heterocycles. The Labute approximate surface area is 161 Å². The Morgan fingerprint density at radius 2 is 1.96 bits per heavy atom. The molecule has 0 heterocycles. The van der Waals surface area contributed by atoms with Crippen LogP contribution in [0.2, 0.25) is 0 Å². The van der Waals surface area contributed by atoms with Gasteiger partial charge in [0.25, 0.3) is 0 Å². The fourth-order valence-corrected chi connectivity index (χ4v) is 3.84. The number of benzene rings is 2. The molecule has 2 aromatic rings. The molecule has 1 aliphatic carbocycles. The number of methoxy groups -OCH3 is 1. The molecule has 0 unspecified atom stereocenters. The number of carbonyl (C=O) groups is 1. The van der Waals surface area contributed by atoms with Gasteiger partial charge in [0.1, 0.15) is 0 Å². The van der Waals surface area contributed by atoms with Crippen LogP contribution in [0.15, 0.2) is 41.3 Å². The number of ether oxygens (including phenoxy) is 2. The van der Waals surface area contributed by atoms with E-state index in [1.165, 1.54) is 42.5 Å². The van der Waals surface area contributed by atoms with Crippen LogP contribution in [-0.2, 0) is 24.2 Å². The second-order valence-corrected chi connectivity index (χ2v) is 7.26. The number of rotatable bonds is 8. The van der Waals surface area contributed by atoms with Gasteiger partial charge in [-0.05, 0) is 60.2 Å². The molecule has 0 spiro atoms. The number of hydrogen-bond acceptors (Lipinski definition) is 4. The summed E-state index contributed by atoms with van der Waals surface area (Å²) in [5.74, 6) is 0.402. The summed E-state index contributed by atoms with van der Waals surface area (Å²) in [6.07, 6.45) is 3.46. The minimum Gasteiger partial charge on any atom is -0.493 e. The number of alkyl halides is 2. The average Bonchev–Trinajstić information content (AvgIpc) is 3.13. The highest BCUT2D eigenvalue weighted by Gasteiger charge is 2.13. The van der Waals surface area contributed by atoms with Crippen molar-refractivity contribution in [2.45, 2.75) is 37.3 Å². The molecule has 27 heavy (non-hydrogen) atoms. The third-order valence-corrected chi connectivity index (χ3v) is 5.37. The lowest BCUT2D eigenvalue weighted by atomic mass is 10.1. The maximum atomic E-state index is 12.4. The van der Waals surface area contributed by atoms with Crippen molar-refractivity contribution in [3.8, 4) is 11.5 Å². The number of aryl methyl sites for hydroxylation is 2. The summed E-state index contributed by atoms with van der Waals surface area (Å²) in [5, 5.41) is 2.83. The first-order valence-electron chi connectivity index (χ1n) is 8.68. The average molecular weight is 393 g/mol. The quantitative estimate of drug-likeness (QED) is 0.683. The van der Waals surface area contributed by atoms with Crippen LogP contribution in [0, 0.1) is 0 Å². The van der Waals surface area contributed by atoms with Crippen molar-refractivity contribution in [2.24, 2.45) is 0 Å². The van der Waals surface area contributed by atoms with Gasteiger partial charge in [-0.3, -0.25) is 4.79 Å². The van der Waals surface area contributed by atoms with E-state index in [9.17, 15) is 13.6 Å². The number of halogens is 2. The van der Waals surface area contributed by atoms with Gasteiger partial charge in [0, 0.05) is 11.4 Å². The third-order valence-electron chi connectivity index (χ3n) is 4.37. The van der Waals surface area contributed by atoms with E-state index >= 15 is 0 Å². The molecule has 1 aliphatic rings. The summed E-state index contributed by atoms with van der Waals surface area (Å²) in [6.45, 7) is -2.63. The second-order valence-electron chi connectivity index (χ2n) is 6.21. The minimum absolute atomic E-state index is 0.0326. The van der Waals surface area contributed by atoms with Gasteiger partial charge in [0.15, 0.2) is 11.5 Å². The van der Waals surface area contributed by atoms with Gasteiger partial charge in [0.2, 0.25) is 5.91 Å².